The number of pyridine rings is 1. The van der Waals surface area contributed by atoms with Crippen molar-refractivity contribution in [1.82, 2.24) is 9.88 Å². The second kappa shape index (κ2) is 8.03. The summed E-state index contributed by atoms with van der Waals surface area (Å²) in [5.74, 6) is 1.46. The van der Waals surface area contributed by atoms with Gasteiger partial charge in [-0.3, -0.25) is 4.90 Å². The van der Waals surface area contributed by atoms with E-state index in [0.29, 0.717) is 15.9 Å². The maximum atomic E-state index is 9.05. The van der Waals surface area contributed by atoms with Crippen LogP contribution in [0.2, 0.25) is 10.0 Å². The first-order valence-corrected chi connectivity index (χ1v) is 8.09. The average molecular weight is 333 g/mol. The molecule has 0 unspecified atom stereocenters. The average Bonchev–Trinajstić information content (AvgIpc) is 2.68. The van der Waals surface area contributed by atoms with Crippen molar-refractivity contribution in [3.63, 3.8) is 0 Å². The van der Waals surface area contributed by atoms with Gasteiger partial charge in [0.05, 0.1) is 16.7 Å². The summed E-state index contributed by atoms with van der Waals surface area (Å²) in [7, 11) is 0. The molecule has 5 nitrogen and oxygen atoms in total. The molecule has 0 amide bonds. The molecule has 0 aromatic carbocycles. The first-order valence-electron chi connectivity index (χ1n) is 7.33. The molecule has 0 aliphatic carbocycles. The van der Waals surface area contributed by atoms with Crippen molar-refractivity contribution in [2.75, 3.05) is 56.1 Å². The van der Waals surface area contributed by atoms with Gasteiger partial charge in [0.1, 0.15) is 11.6 Å². The van der Waals surface area contributed by atoms with Gasteiger partial charge in [-0.15, -0.1) is 0 Å². The topological polar surface area (TPSA) is 51.6 Å². The Balaban J connectivity index is 2.15. The second-order valence-electron chi connectivity index (χ2n) is 5.06. The molecule has 0 atom stereocenters. The minimum absolute atomic E-state index is 0.199. The number of β-amino-alcohol motifs (C(OH)–C–C–N with tert-alkyl or cyclic N) is 1. The van der Waals surface area contributed by atoms with Gasteiger partial charge in [0.25, 0.3) is 0 Å². The van der Waals surface area contributed by atoms with Crippen LogP contribution in [0.3, 0.4) is 0 Å². The highest BCUT2D eigenvalue weighted by atomic mass is 35.5. The Labute approximate surface area is 135 Å². The molecular weight excluding hydrogens is 311 g/mol. The van der Waals surface area contributed by atoms with Crippen molar-refractivity contribution in [2.24, 2.45) is 0 Å². The van der Waals surface area contributed by atoms with Crippen LogP contribution in [0.4, 0.5) is 11.6 Å². The first-order chi connectivity index (χ1) is 10.2. The third-order valence-corrected chi connectivity index (χ3v) is 4.13. The van der Waals surface area contributed by atoms with Gasteiger partial charge in [-0.05, 0) is 26.0 Å². The van der Waals surface area contributed by atoms with Gasteiger partial charge in [-0.1, -0.05) is 23.2 Å². The number of hydrogen-bond acceptors (Lipinski definition) is 5. The molecule has 1 aliphatic heterocycles. The summed E-state index contributed by atoms with van der Waals surface area (Å²) in [6.45, 7) is 7.33. The molecule has 2 N–H and O–H groups in total. The summed E-state index contributed by atoms with van der Waals surface area (Å²) in [4.78, 5) is 9.03. The summed E-state index contributed by atoms with van der Waals surface area (Å²) >= 11 is 12.5. The van der Waals surface area contributed by atoms with Gasteiger partial charge in [-0.2, -0.15) is 0 Å². The van der Waals surface area contributed by atoms with Crippen molar-refractivity contribution in [3.8, 4) is 0 Å². The predicted octanol–water partition coefficient (Wildman–Crippen LogP) is 2.32. The highest BCUT2D eigenvalue weighted by molar-refractivity contribution is 6.37. The normalized spacial score (nSPS) is 16.9. The largest absolute Gasteiger partial charge is 0.395 e. The number of nitrogens with one attached hydrogen (secondary N) is 1. The fourth-order valence-electron chi connectivity index (χ4n) is 2.52. The molecule has 1 saturated heterocycles. The number of hydrogen-bond donors (Lipinski definition) is 2. The molecule has 1 fully saturated rings. The fraction of sp³-hybridized carbons (Fsp3) is 0.643. The van der Waals surface area contributed by atoms with Crippen LogP contribution >= 0.6 is 23.2 Å². The van der Waals surface area contributed by atoms with Crippen LogP contribution in [-0.4, -0.2) is 60.9 Å². The zero-order chi connectivity index (χ0) is 15.2. The van der Waals surface area contributed by atoms with Crippen molar-refractivity contribution >= 4 is 34.8 Å². The van der Waals surface area contributed by atoms with Gasteiger partial charge in [0.2, 0.25) is 0 Å². The standard InChI is InChI=1S/C14H22Cl2N4O/c1-2-17-13-11(15)10-12(16)14(18-13)20-5-3-4-19(6-7-20)8-9-21/h10,21H,2-9H2,1H3,(H,17,18). The molecular formula is C14H22Cl2N4O. The molecule has 1 aliphatic rings. The van der Waals surface area contributed by atoms with Crippen molar-refractivity contribution < 1.29 is 5.11 Å². The van der Waals surface area contributed by atoms with E-state index in [1.807, 2.05) is 6.92 Å². The number of aromatic nitrogens is 1. The van der Waals surface area contributed by atoms with Gasteiger partial charge in [-0.25, -0.2) is 4.98 Å². The molecule has 2 rings (SSSR count). The van der Waals surface area contributed by atoms with Crippen LogP contribution in [0.25, 0.3) is 0 Å². The van der Waals surface area contributed by atoms with E-state index in [2.05, 4.69) is 20.1 Å². The lowest BCUT2D eigenvalue weighted by molar-refractivity contribution is 0.204. The van der Waals surface area contributed by atoms with Crippen LogP contribution in [0, 0.1) is 0 Å². The first kappa shape index (κ1) is 16.6. The van der Waals surface area contributed by atoms with Crippen LogP contribution in [-0.2, 0) is 0 Å². The highest BCUT2D eigenvalue weighted by Gasteiger charge is 2.19. The third kappa shape index (κ3) is 4.36. The third-order valence-electron chi connectivity index (χ3n) is 3.56. The molecule has 21 heavy (non-hydrogen) atoms. The van der Waals surface area contributed by atoms with Gasteiger partial charge in [0, 0.05) is 32.7 Å². The monoisotopic (exact) mass is 332 g/mol. The zero-order valence-corrected chi connectivity index (χ0v) is 13.8. The summed E-state index contributed by atoms with van der Waals surface area (Å²) in [5.41, 5.74) is 0. The summed E-state index contributed by atoms with van der Waals surface area (Å²) < 4.78 is 0. The lowest BCUT2D eigenvalue weighted by Crippen LogP contribution is -2.33. The Kier molecular flexibility index (Phi) is 6.36. The van der Waals surface area contributed by atoms with Crippen LogP contribution in [0.15, 0.2) is 6.07 Å². The Hall–Kier alpha value is -0.750. The lowest BCUT2D eigenvalue weighted by atomic mass is 10.3. The quantitative estimate of drug-likeness (QED) is 0.866. The second-order valence-corrected chi connectivity index (χ2v) is 5.87. The number of halogens is 2. The zero-order valence-electron chi connectivity index (χ0n) is 12.3. The van der Waals surface area contributed by atoms with Gasteiger partial charge < -0.3 is 15.3 Å². The molecule has 1 aromatic rings. The molecule has 1 aromatic heterocycles. The van der Waals surface area contributed by atoms with E-state index in [4.69, 9.17) is 28.3 Å². The summed E-state index contributed by atoms with van der Waals surface area (Å²) in [5, 5.41) is 13.3. The van der Waals surface area contributed by atoms with Crippen LogP contribution in [0.5, 0.6) is 0 Å². The van der Waals surface area contributed by atoms with Crippen LogP contribution < -0.4 is 10.2 Å². The molecule has 7 heteroatoms. The van der Waals surface area contributed by atoms with Crippen molar-refractivity contribution in [3.05, 3.63) is 16.1 Å². The molecule has 0 radical (unpaired) electrons. The lowest BCUT2D eigenvalue weighted by Gasteiger charge is -2.24. The molecule has 0 saturated carbocycles. The molecule has 118 valence electrons. The van der Waals surface area contributed by atoms with E-state index in [1.165, 1.54) is 0 Å². The van der Waals surface area contributed by atoms with E-state index in [-0.39, 0.29) is 6.61 Å². The van der Waals surface area contributed by atoms with Gasteiger partial charge in [0.15, 0.2) is 0 Å². The smallest absolute Gasteiger partial charge is 0.149 e. The van der Waals surface area contributed by atoms with E-state index in [1.54, 1.807) is 6.07 Å². The molecule has 2 heterocycles. The summed E-state index contributed by atoms with van der Waals surface area (Å²) in [6.07, 6.45) is 1.02. The molecule has 0 bridgehead atoms. The van der Waals surface area contributed by atoms with E-state index in [0.717, 1.165) is 51.5 Å². The minimum Gasteiger partial charge on any atom is -0.395 e. The minimum atomic E-state index is 0.199. The SMILES string of the molecule is CCNc1nc(N2CCCN(CCO)CC2)c(Cl)cc1Cl. The van der Waals surface area contributed by atoms with E-state index in [9.17, 15) is 0 Å². The Bertz CT molecular complexity index is 473. The molecule has 0 spiro atoms. The number of nitrogens with zero attached hydrogens (tertiary/aromatic N) is 3. The Morgan fingerprint density at radius 3 is 2.76 bits per heavy atom. The Morgan fingerprint density at radius 2 is 2.05 bits per heavy atom. The fourth-order valence-corrected chi connectivity index (χ4v) is 3.06. The summed E-state index contributed by atoms with van der Waals surface area (Å²) in [6, 6.07) is 1.75. The number of anilines is 2. The van der Waals surface area contributed by atoms with Crippen molar-refractivity contribution in [1.29, 1.82) is 0 Å². The maximum absolute atomic E-state index is 9.05. The Morgan fingerprint density at radius 1 is 1.24 bits per heavy atom. The predicted molar refractivity (Wildman–Crippen MR) is 88.8 cm³/mol. The number of aliphatic hydroxyl groups excluding tert-OH is 1. The highest BCUT2D eigenvalue weighted by Crippen LogP contribution is 2.31. The van der Waals surface area contributed by atoms with E-state index < -0.39 is 0 Å². The van der Waals surface area contributed by atoms with Crippen molar-refractivity contribution in [2.45, 2.75) is 13.3 Å². The van der Waals surface area contributed by atoms with Gasteiger partial charge >= 0.3 is 0 Å². The van der Waals surface area contributed by atoms with E-state index >= 15 is 0 Å². The van der Waals surface area contributed by atoms with Crippen LogP contribution in [0.1, 0.15) is 13.3 Å². The number of rotatable bonds is 5. The number of aliphatic hydroxyl groups is 1. The maximum Gasteiger partial charge on any atom is 0.149 e.